The lowest BCUT2D eigenvalue weighted by Crippen LogP contribution is -2.25. The van der Waals surface area contributed by atoms with Crippen LogP contribution in [0.2, 0.25) is 0 Å². The van der Waals surface area contributed by atoms with Gasteiger partial charge in [0, 0.05) is 25.2 Å². The molecule has 0 fully saturated rings. The third kappa shape index (κ3) is 5.89. The van der Waals surface area contributed by atoms with E-state index in [4.69, 9.17) is 14.2 Å². The summed E-state index contributed by atoms with van der Waals surface area (Å²) in [5.41, 5.74) is 0.126. The Bertz CT molecular complexity index is 1530. The number of benzene rings is 2. The highest BCUT2D eigenvalue weighted by Crippen LogP contribution is 2.43. The molecule has 0 saturated carbocycles. The zero-order chi connectivity index (χ0) is 28.6. The van der Waals surface area contributed by atoms with E-state index in [2.05, 4.69) is 20.0 Å². The zero-order valence-electron chi connectivity index (χ0n) is 21.8. The molecule has 2 heterocycles. The van der Waals surface area contributed by atoms with Crippen LogP contribution in [0.4, 0.5) is 17.6 Å². The second-order valence-corrected chi connectivity index (χ2v) is 9.37. The summed E-state index contributed by atoms with van der Waals surface area (Å²) in [6, 6.07) is 5.49. The summed E-state index contributed by atoms with van der Waals surface area (Å²) in [6.07, 6.45) is 1.45. The van der Waals surface area contributed by atoms with E-state index in [1.807, 2.05) is 0 Å². The van der Waals surface area contributed by atoms with Crippen molar-refractivity contribution in [2.24, 2.45) is 14.1 Å². The number of carbonyl (C=O) groups is 1. The first-order chi connectivity index (χ1) is 18.3. The number of methoxy groups -OCH3 is 1. The highest BCUT2D eigenvalue weighted by molar-refractivity contribution is 6.02. The van der Waals surface area contributed by atoms with Crippen molar-refractivity contribution >= 4 is 16.9 Å². The minimum Gasteiger partial charge on any atom is -0.496 e. The molecular formula is C25H25F4N5O5. The van der Waals surface area contributed by atoms with Gasteiger partial charge in [0.2, 0.25) is 0 Å². The molecule has 10 nitrogen and oxygen atoms in total. The molecule has 4 aromatic rings. The lowest BCUT2D eigenvalue weighted by atomic mass is 10.0. The van der Waals surface area contributed by atoms with Crippen molar-refractivity contribution in [2.45, 2.75) is 39.6 Å². The van der Waals surface area contributed by atoms with Crippen LogP contribution in [-0.4, -0.2) is 56.7 Å². The molecule has 208 valence electrons. The smallest absolute Gasteiger partial charge is 0.387 e. The Hall–Kier alpha value is -4.36. The number of esters is 1. The number of halogens is 4. The number of rotatable bonds is 8. The van der Waals surface area contributed by atoms with Gasteiger partial charge in [-0.25, -0.2) is 4.79 Å². The zero-order valence-corrected chi connectivity index (χ0v) is 21.8. The number of hydrogen-bond acceptors (Lipinski definition) is 8. The molecule has 0 spiro atoms. The number of aryl methyl sites for hydroxylation is 2. The van der Waals surface area contributed by atoms with Crippen LogP contribution in [0.5, 0.6) is 17.2 Å². The maximum absolute atomic E-state index is 13.5. The summed E-state index contributed by atoms with van der Waals surface area (Å²) in [6.45, 7) is -1.63. The number of nitrogens with zero attached hydrogens (tertiary/aromatic N) is 5. The van der Waals surface area contributed by atoms with Gasteiger partial charge in [0.05, 0.1) is 29.9 Å². The largest absolute Gasteiger partial charge is 0.496 e. The van der Waals surface area contributed by atoms with Crippen molar-refractivity contribution in [1.82, 2.24) is 24.8 Å². The maximum atomic E-state index is 13.5. The molecule has 39 heavy (non-hydrogen) atoms. The molecule has 4 rings (SSSR count). The quantitative estimate of drug-likeness (QED) is 0.218. The SMILES string of the molecule is COc1cc(-c2c3c(OC(F)F)cc(-c4cnn(C)n4)cc3nn2C)cc(OC(F)F)c1C(=O)OC(C)(C)C. The first-order valence-electron chi connectivity index (χ1n) is 11.5. The average Bonchev–Trinajstić information content (AvgIpc) is 3.38. The highest BCUT2D eigenvalue weighted by atomic mass is 19.3. The van der Waals surface area contributed by atoms with E-state index in [9.17, 15) is 22.4 Å². The van der Waals surface area contributed by atoms with Crippen LogP contribution >= 0.6 is 0 Å². The van der Waals surface area contributed by atoms with E-state index in [1.54, 1.807) is 33.9 Å². The van der Waals surface area contributed by atoms with Crippen molar-refractivity contribution in [3.8, 4) is 39.8 Å². The minimum absolute atomic E-state index is 0.140. The van der Waals surface area contributed by atoms with Crippen LogP contribution in [0.3, 0.4) is 0 Å². The molecule has 0 saturated heterocycles. The van der Waals surface area contributed by atoms with E-state index >= 15 is 0 Å². The summed E-state index contributed by atoms with van der Waals surface area (Å²) in [5, 5.41) is 12.8. The first kappa shape index (κ1) is 27.7. The van der Waals surface area contributed by atoms with Gasteiger partial charge in [0.15, 0.2) is 0 Å². The van der Waals surface area contributed by atoms with Crippen molar-refractivity contribution in [1.29, 1.82) is 0 Å². The Morgan fingerprint density at radius 2 is 1.51 bits per heavy atom. The third-order valence-electron chi connectivity index (χ3n) is 5.39. The molecule has 0 unspecified atom stereocenters. The van der Waals surface area contributed by atoms with E-state index in [1.165, 1.54) is 42.0 Å². The minimum atomic E-state index is -3.29. The second-order valence-electron chi connectivity index (χ2n) is 9.37. The van der Waals surface area contributed by atoms with Gasteiger partial charge in [-0.3, -0.25) is 4.68 Å². The van der Waals surface area contributed by atoms with Crippen molar-refractivity contribution < 1.29 is 41.3 Å². The fourth-order valence-electron chi connectivity index (χ4n) is 4.04. The second kappa shape index (κ2) is 10.4. The number of aromatic nitrogens is 5. The van der Waals surface area contributed by atoms with Gasteiger partial charge >= 0.3 is 19.2 Å². The third-order valence-corrected chi connectivity index (χ3v) is 5.39. The monoisotopic (exact) mass is 551 g/mol. The fourth-order valence-corrected chi connectivity index (χ4v) is 4.04. The lowest BCUT2D eigenvalue weighted by molar-refractivity contribution is -0.0512. The lowest BCUT2D eigenvalue weighted by Gasteiger charge is -2.22. The van der Waals surface area contributed by atoms with Gasteiger partial charge < -0.3 is 18.9 Å². The molecular weight excluding hydrogens is 526 g/mol. The van der Waals surface area contributed by atoms with Crippen molar-refractivity contribution in [3.05, 3.63) is 36.0 Å². The standard InChI is InChI=1S/C25H25F4N5O5/c1-25(2,3)39-22(35)20-16(36-6)9-13(10-18(20)38-24(28)29)21-19-14(31-33(21)4)7-12(8-17(19)37-23(26)27)15-11-30-34(5)32-15/h7-11,23-24H,1-6H3. The summed E-state index contributed by atoms with van der Waals surface area (Å²) in [5.74, 6) is -1.86. The molecule has 0 aliphatic rings. The normalized spacial score (nSPS) is 11.9. The Morgan fingerprint density at radius 1 is 0.897 bits per heavy atom. The Balaban J connectivity index is 1.97. The predicted molar refractivity (Wildman–Crippen MR) is 131 cm³/mol. The average molecular weight is 551 g/mol. The van der Waals surface area contributed by atoms with Gasteiger partial charge in [-0.2, -0.15) is 37.7 Å². The highest BCUT2D eigenvalue weighted by Gasteiger charge is 2.29. The molecule has 2 aromatic heterocycles. The topological polar surface area (TPSA) is 103 Å². The van der Waals surface area contributed by atoms with Crippen LogP contribution < -0.4 is 14.2 Å². The van der Waals surface area contributed by atoms with Crippen LogP contribution in [0.15, 0.2) is 30.5 Å². The number of alkyl halides is 4. The number of hydrogen-bond donors (Lipinski definition) is 0. The number of fused-ring (bicyclic) bond motifs is 1. The van der Waals surface area contributed by atoms with Crippen LogP contribution in [0, 0.1) is 0 Å². The van der Waals surface area contributed by atoms with Gasteiger partial charge in [-0.1, -0.05) is 0 Å². The molecule has 0 N–H and O–H groups in total. The van der Waals surface area contributed by atoms with Crippen molar-refractivity contribution in [3.63, 3.8) is 0 Å². The van der Waals surface area contributed by atoms with E-state index in [0.717, 1.165) is 6.07 Å². The molecule has 0 aliphatic carbocycles. The van der Waals surface area contributed by atoms with E-state index < -0.39 is 30.5 Å². The Morgan fingerprint density at radius 3 is 2.08 bits per heavy atom. The Labute approximate surface area is 220 Å². The van der Waals surface area contributed by atoms with E-state index in [0.29, 0.717) is 11.3 Å². The van der Waals surface area contributed by atoms with E-state index in [-0.39, 0.29) is 39.2 Å². The Kier molecular flexibility index (Phi) is 7.39. The van der Waals surface area contributed by atoms with Crippen LogP contribution in [0.1, 0.15) is 31.1 Å². The maximum Gasteiger partial charge on any atom is 0.387 e. The van der Waals surface area contributed by atoms with Crippen molar-refractivity contribution in [2.75, 3.05) is 7.11 Å². The predicted octanol–water partition coefficient (Wildman–Crippen LogP) is 5.20. The summed E-state index contributed by atoms with van der Waals surface area (Å²) in [7, 11) is 4.37. The van der Waals surface area contributed by atoms with Gasteiger partial charge in [-0.05, 0) is 45.0 Å². The summed E-state index contributed by atoms with van der Waals surface area (Å²) >= 11 is 0. The van der Waals surface area contributed by atoms with Gasteiger partial charge in [-0.15, -0.1) is 0 Å². The number of carbonyl (C=O) groups excluding carboxylic acids is 1. The molecule has 0 radical (unpaired) electrons. The van der Waals surface area contributed by atoms with Gasteiger partial charge in [0.25, 0.3) is 0 Å². The summed E-state index contributed by atoms with van der Waals surface area (Å²) in [4.78, 5) is 14.2. The van der Waals surface area contributed by atoms with Crippen LogP contribution in [-0.2, 0) is 18.8 Å². The molecule has 14 heteroatoms. The summed E-state index contributed by atoms with van der Waals surface area (Å²) < 4.78 is 75.3. The molecule has 0 aliphatic heterocycles. The molecule has 0 bridgehead atoms. The molecule has 0 amide bonds. The number of ether oxygens (including phenoxy) is 4. The molecule has 0 atom stereocenters. The fraction of sp³-hybridized carbons (Fsp3) is 0.360. The molecule has 2 aromatic carbocycles. The van der Waals surface area contributed by atoms with Crippen LogP contribution in [0.25, 0.3) is 33.4 Å². The first-order valence-corrected chi connectivity index (χ1v) is 11.5. The van der Waals surface area contributed by atoms with Gasteiger partial charge in [0.1, 0.15) is 34.1 Å².